The van der Waals surface area contributed by atoms with Crippen LogP contribution in [0.2, 0.25) is 0 Å². The Kier molecular flexibility index (Phi) is 5.92. The first-order chi connectivity index (χ1) is 14.1. The summed E-state index contributed by atoms with van der Waals surface area (Å²) < 4.78 is 39.3. The second kappa shape index (κ2) is 8.26. The summed E-state index contributed by atoms with van der Waals surface area (Å²) in [5, 5.41) is 26.3. The van der Waals surface area contributed by atoms with Gasteiger partial charge in [-0.25, -0.2) is 0 Å². The molecule has 2 aromatic rings. The summed E-state index contributed by atoms with van der Waals surface area (Å²) >= 11 is 1.35. The van der Waals surface area contributed by atoms with Crippen molar-refractivity contribution in [1.82, 2.24) is 4.90 Å². The minimum absolute atomic E-state index is 0.00290. The SMILES string of the molecule is O=C(c1ccsc1)N1CCCN(c2c([N+](=O)[O-])cc(C(F)(F)F)cc2[N+](=O)[O-])CC1. The number of halogens is 3. The van der Waals surface area contributed by atoms with Crippen LogP contribution in [0.1, 0.15) is 22.3 Å². The van der Waals surface area contributed by atoms with Crippen LogP contribution in [0, 0.1) is 20.2 Å². The zero-order chi connectivity index (χ0) is 22.1. The lowest BCUT2D eigenvalue weighted by Gasteiger charge is -2.23. The molecule has 160 valence electrons. The Balaban J connectivity index is 1.97. The van der Waals surface area contributed by atoms with Gasteiger partial charge >= 0.3 is 6.18 Å². The number of hydrogen-bond donors (Lipinski definition) is 0. The Morgan fingerprint density at radius 1 is 1.03 bits per heavy atom. The summed E-state index contributed by atoms with van der Waals surface area (Å²) in [5.74, 6) is -0.241. The fourth-order valence-electron chi connectivity index (χ4n) is 3.28. The third-order valence-corrected chi connectivity index (χ3v) is 5.34. The second-order valence-electron chi connectivity index (χ2n) is 6.52. The molecule has 30 heavy (non-hydrogen) atoms. The average Bonchev–Trinajstić information content (AvgIpc) is 3.10. The Morgan fingerprint density at radius 3 is 2.17 bits per heavy atom. The van der Waals surface area contributed by atoms with Crippen molar-refractivity contribution in [3.8, 4) is 0 Å². The highest BCUT2D eigenvalue weighted by Crippen LogP contribution is 2.43. The summed E-state index contributed by atoms with van der Waals surface area (Å²) in [4.78, 5) is 36.2. The highest BCUT2D eigenvalue weighted by Gasteiger charge is 2.39. The third-order valence-electron chi connectivity index (χ3n) is 4.66. The van der Waals surface area contributed by atoms with Crippen LogP contribution in [-0.2, 0) is 6.18 Å². The molecule has 1 amide bonds. The number of benzene rings is 1. The van der Waals surface area contributed by atoms with E-state index in [0.717, 1.165) is 0 Å². The van der Waals surface area contributed by atoms with Gasteiger partial charge < -0.3 is 9.80 Å². The number of rotatable bonds is 4. The predicted molar refractivity (Wildman–Crippen MR) is 102 cm³/mol. The second-order valence-corrected chi connectivity index (χ2v) is 7.30. The van der Waals surface area contributed by atoms with E-state index in [2.05, 4.69) is 0 Å². The van der Waals surface area contributed by atoms with Crippen LogP contribution in [0.15, 0.2) is 29.0 Å². The highest BCUT2D eigenvalue weighted by atomic mass is 32.1. The van der Waals surface area contributed by atoms with E-state index in [9.17, 15) is 38.2 Å². The van der Waals surface area contributed by atoms with Gasteiger partial charge in [-0.3, -0.25) is 25.0 Å². The average molecular weight is 444 g/mol. The molecule has 0 radical (unpaired) electrons. The van der Waals surface area contributed by atoms with Gasteiger partial charge in [-0.2, -0.15) is 24.5 Å². The minimum atomic E-state index is -4.98. The quantitative estimate of drug-likeness (QED) is 0.522. The lowest BCUT2D eigenvalue weighted by Crippen LogP contribution is -2.35. The number of anilines is 1. The van der Waals surface area contributed by atoms with E-state index in [-0.39, 0.29) is 25.5 Å². The van der Waals surface area contributed by atoms with Crippen molar-refractivity contribution in [3.05, 3.63) is 60.3 Å². The largest absolute Gasteiger partial charge is 0.416 e. The minimum Gasteiger partial charge on any atom is -0.358 e. The summed E-state index contributed by atoms with van der Waals surface area (Å²) in [7, 11) is 0. The van der Waals surface area contributed by atoms with Gasteiger partial charge in [0.25, 0.3) is 17.3 Å². The molecule has 3 rings (SSSR count). The molecule has 1 fully saturated rings. The Bertz CT molecular complexity index is 945. The number of amides is 1. The molecule has 0 N–H and O–H groups in total. The van der Waals surface area contributed by atoms with Gasteiger partial charge in [0.2, 0.25) is 0 Å². The van der Waals surface area contributed by atoms with Crippen LogP contribution in [-0.4, -0.2) is 46.8 Å². The number of hydrogen-bond acceptors (Lipinski definition) is 7. The molecule has 0 unspecified atom stereocenters. The van der Waals surface area contributed by atoms with E-state index in [4.69, 9.17) is 0 Å². The molecule has 9 nitrogen and oxygen atoms in total. The van der Waals surface area contributed by atoms with Crippen LogP contribution >= 0.6 is 11.3 Å². The smallest absolute Gasteiger partial charge is 0.358 e. The fourth-order valence-corrected chi connectivity index (χ4v) is 3.91. The van der Waals surface area contributed by atoms with E-state index >= 15 is 0 Å². The van der Waals surface area contributed by atoms with Crippen molar-refractivity contribution in [2.45, 2.75) is 12.6 Å². The third kappa shape index (κ3) is 4.35. The van der Waals surface area contributed by atoms with Gasteiger partial charge in [0.05, 0.1) is 21.0 Å². The number of nitro benzene ring substituents is 2. The summed E-state index contributed by atoms with van der Waals surface area (Å²) in [5.41, 5.74) is -3.44. The summed E-state index contributed by atoms with van der Waals surface area (Å²) in [6, 6.07) is 2.27. The number of nitrogens with zero attached hydrogens (tertiary/aromatic N) is 4. The van der Waals surface area contributed by atoms with Crippen molar-refractivity contribution >= 4 is 34.3 Å². The van der Waals surface area contributed by atoms with E-state index in [1.54, 1.807) is 16.8 Å². The molecule has 1 aromatic heterocycles. The number of alkyl halides is 3. The van der Waals surface area contributed by atoms with Crippen molar-refractivity contribution < 1.29 is 27.8 Å². The lowest BCUT2D eigenvalue weighted by atomic mass is 10.1. The summed E-state index contributed by atoms with van der Waals surface area (Å²) in [6.45, 7) is 0.542. The van der Waals surface area contributed by atoms with E-state index in [1.807, 2.05) is 0 Å². The Hall–Kier alpha value is -3.22. The van der Waals surface area contributed by atoms with Crippen molar-refractivity contribution in [3.63, 3.8) is 0 Å². The van der Waals surface area contributed by atoms with E-state index in [1.165, 1.54) is 21.1 Å². The highest BCUT2D eigenvalue weighted by molar-refractivity contribution is 7.08. The molecule has 2 heterocycles. The van der Waals surface area contributed by atoms with Gasteiger partial charge in [-0.15, -0.1) is 0 Å². The molecule has 1 saturated heterocycles. The topological polar surface area (TPSA) is 110 Å². The van der Waals surface area contributed by atoms with Crippen molar-refractivity contribution in [2.75, 3.05) is 31.1 Å². The monoisotopic (exact) mass is 444 g/mol. The molecule has 0 saturated carbocycles. The van der Waals surface area contributed by atoms with Gasteiger partial charge in [-0.1, -0.05) is 0 Å². The zero-order valence-electron chi connectivity index (χ0n) is 15.3. The van der Waals surface area contributed by atoms with E-state index in [0.29, 0.717) is 30.7 Å². The molecule has 0 aliphatic carbocycles. The number of thiophene rings is 1. The molecule has 0 spiro atoms. The maximum absolute atomic E-state index is 13.1. The standard InChI is InChI=1S/C17H15F3N4O5S/c18-17(19,20)12-8-13(23(26)27)15(14(9-12)24(28)29)21-3-1-4-22(6-5-21)16(25)11-2-7-30-10-11/h2,7-10H,1,3-6H2. The normalized spacial score (nSPS) is 15.0. The molecule has 0 atom stereocenters. The maximum atomic E-state index is 13.1. The van der Waals surface area contributed by atoms with E-state index < -0.39 is 38.6 Å². The number of carbonyl (C=O) groups is 1. The van der Waals surface area contributed by atoms with Crippen molar-refractivity contribution in [1.29, 1.82) is 0 Å². The lowest BCUT2D eigenvalue weighted by molar-refractivity contribution is -0.393. The zero-order valence-corrected chi connectivity index (χ0v) is 16.1. The first-order valence-electron chi connectivity index (χ1n) is 8.70. The maximum Gasteiger partial charge on any atom is 0.416 e. The predicted octanol–water partition coefficient (Wildman–Crippen LogP) is 3.94. The molecule has 1 aliphatic rings. The molecule has 13 heteroatoms. The van der Waals surface area contributed by atoms with Gasteiger partial charge in [-0.05, 0) is 17.9 Å². The molecular formula is C17H15F3N4O5S. The first kappa shape index (κ1) is 21.5. The fraction of sp³-hybridized carbons (Fsp3) is 0.353. The van der Waals surface area contributed by atoms with Gasteiger partial charge in [0, 0.05) is 43.7 Å². The van der Waals surface area contributed by atoms with Crippen molar-refractivity contribution in [2.24, 2.45) is 0 Å². The first-order valence-corrected chi connectivity index (χ1v) is 9.64. The van der Waals surface area contributed by atoms with Gasteiger partial charge in [0.1, 0.15) is 0 Å². The van der Waals surface area contributed by atoms with Crippen LogP contribution < -0.4 is 4.90 Å². The van der Waals surface area contributed by atoms with Crippen LogP contribution in [0.3, 0.4) is 0 Å². The van der Waals surface area contributed by atoms with Crippen LogP contribution in [0.5, 0.6) is 0 Å². The number of carbonyl (C=O) groups excluding carboxylic acids is 1. The Morgan fingerprint density at radius 2 is 1.67 bits per heavy atom. The molecule has 0 bridgehead atoms. The molecule has 1 aliphatic heterocycles. The van der Waals surface area contributed by atoms with Gasteiger partial charge in [0.15, 0.2) is 5.69 Å². The van der Waals surface area contributed by atoms with Crippen LogP contribution in [0.4, 0.5) is 30.2 Å². The Labute approximate surface area is 171 Å². The molecule has 1 aromatic carbocycles. The number of nitro groups is 2. The van der Waals surface area contributed by atoms with Crippen LogP contribution in [0.25, 0.3) is 0 Å². The summed E-state index contributed by atoms with van der Waals surface area (Å²) in [6.07, 6.45) is -4.64. The molecular weight excluding hydrogens is 429 g/mol.